The first-order valence-electron chi connectivity index (χ1n) is 5.77. The molecule has 94 valence electrons. The smallest absolute Gasteiger partial charge is 0.308 e. The number of aromatic nitrogens is 3. The average molecular weight is 310 g/mol. The normalized spacial score (nSPS) is 18.6. The van der Waals surface area contributed by atoms with Gasteiger partial charge < -0.3 is 14.7 Å². The highest BCUT2D eigenvalue weighted by atomic mass is 79.9. The second-order valence-corrected chi connectivity index (χ2v) is 5.17. The van der Waals surface area contributed by atoms with Crippen molar-refractivity contribution in [3.63, 3.8) is 0 Å². The van der Waals surface area contributed by atoms with Crippen molar-refractivity contribution in [3.8, 4) is 11.3 Å². The van der Waals surface area contributed by atoms with E-state index in [-0.39, 0.29) is 5.92 Å². The summed E-state index contributed by atoms with van der Waals surface area (Å²) in [6, 6.07) is 1.97. The average Bonchev–Trinajstić information content (AvgIpc) is 2.97. The Morgan fingerprint density at radius 2 is 2.44 bits per heavy atom. The summed E-state index contributed by atoms with van der Waals surface area (Å²) >= 11 is 3.41. The molecule has 2 aromatic heterocycles. The zero-order valence-corrected chi connectivity index (χ0v) is 11.1. The van der Waals surface area contributed by atoms with Crippen LogP contribution in [-0.2, 0) is 17.8 Å². The lowest BCUT2D eigenvalue weighted by atomic mass is 9.96. The van der Waals surface area contributed by atoms with Gasteiger partial charge in [-0.05, 0) is 34.8 Å². The van der Waals surface area contributed by atoms with Crippen LogP contribution in [0.2, 0.25) is 0 Å². The van der Waals surface area contributed by atoms with E-state index in [0.29, 0.717) is 17.7 Å². The number of rotatable bonds is 2. The number of imidazole rings is 1. The van der Waals surface area contributed by atoms with Gasteiger partial charge in [-0.15, -0.1) is 0 Å². The van der Waals surface area contributed by atoms with E-state index < -0.39 is 5.97 Å². The van der Waals surface area contributed by atoms with Crippen LogP contribution in [0, 0.1) is 5.92 Å². The number of carboxylic acid groups (broad SMARTS) is 1. The van der Waals surface area contributed by atoms with E-state index in [1.54, 1.807) is 0 Å². The highest BCUT2D eigenvalue weighted by Crippen LogP contribution is 2.32. The summed E-state index contributed by atoms with van der Waals surface area (Å²) < 4.78 is 2.67. The fourth-order valence-electron chi connectivity index (χ4n) is 2.42. The summed E-state index contributed by atoms with van der Waals surface area (Å²) in [5.74, 6) is -1.05. The van der Waals surface area contributed by atoms with Gasteiger partial charge in [-0.25, -0.2) is 4.98 Å². The van der Waals surface area contributed by atoms with Gasteiger partial charge in [0.2, 0.25) is 0 Å². The minimum absolute atomic E-state index is 0.318. The van der Waals surface area contributed by atoms with Crippen LogP contribution in [0.3, 0.4) is 0 Å². The number of halogens is 1. The van der Waals surface area contributed by atoms with E-state index in [2.05, 4.69) is 25.9 Å². The standard InChI is InChI=1S/C12H12BrN3O2/c13-12-15-10(7-3-4-14-5-7)9-2-1-8(11(17)18)6-16(9)12/h3-5,8,14H,1-2,6H2,(H,17,18). The fraction of sp³-hybridized carbons (Fsp3) is 0.333. The number of carboxylic acids is 1. The Labute approximate surface area is 112 Å². The predicted molar refractivity (Wildman–Crippen MR) is 69.2 cm³/mol. The molecule has 2 aromatic rings. The fourth-order valence-corrected chi connectivity index (χ4v) is 2.96. The molecule has 2 N–H and O–H groups in total. The molecule has 0 saturated carbocycles. The molecule has 6 heteroatoms. The molecule has 5 nitrogen and oxygen atoms in total. The molecule has 0 spiro atoms. The number of fused-ring (bicyclic) bond motifs is 1. The molecule has 0 aliphatic carbocycles. The van der Waals surface area contributed by atoms with Crippen molar-refractivity contribution in [2.75, 3.05) is 0 Å². The lowest BCUT2D eigenvalue weighted by molar-refractivity contribution is -0.142. The first-order valence-corrected chi connectivity index (χ1v) is 6.57. The number of aliphatic carboxylic acids is 1. The zero-order chi connectivity index (χ0) is 12.7. The third kappa shape index (κ3) is 1.77. The minimum Gasteiger partial charge on any atom is -0.481 e. The summed E-state index contributed by atoms with van der Waals surface area (Å²) in [7, 11) is 0. The van der Waals surface area contributed by atoms with E-state index in [1.807, 2.05) is 23.0 Å². The lowest BCUT2D eigenvalue weighted by Gasteiger charge is -2.22. The van der Waals surface area contributed by atoms with Crippen LogP contribution < -0.4 is 0 Å². The summed E-state index contributed by atoms with van der Waals surface area (Å²) in [4.78, 5) is 18.6. The van der Waals surface area contributed by atoms with E-state index in [9.17, 15) is 4.79 Å². The van der Waals surface area contributed by atoms with E-state index in [0.717, 1.165) is 23.4 Å². The molecule has 0 saturated heterocycles. The SMILES string of the molecule is O=C(O)C1CCc2c(-c3cc[nH]c3)nc(Br)n2C1. The third-order valence-corrected chi connectivity index (χ3v) is 3.98. The van der Waals surface area contributed by atoms with Crippen LogP contribution in [0.1, 0.15) is 12.1 Å². The van der Waals surface area contributed by atoms with Crippen molar-refractivity contribution in [2.24, 2.45) is 5.92 Å². The number of carbonyl (C=O) groups is 1. The number of hydrogen-bond acceptors (Lipinski definition) is 2. The molecule has 18 heavy (non-hydrogen) atoms. The number of aromatic amines is 1. The van der Waals surface area contributed by atoms with Crippen molar-refractivity contribution >= 4 is 21.9 Å². The molecular formula is C12H12BrN3O2. The maximum Gasteiger partial charge on any atom is 0.308 e. The van der Waals surface area contributed by atoms with E-state index in [1.165, 1.54) is 0 Å². The summed E-state index contributed by atoms with van der Waals surface area (Å²) in [6.45, 7) is 0.489. The Morgan fingerprint density at radius 3 is 3.11 bits per heavy atom. The number of hydrogen-bond donors (Lipinski definition) is 2. The van der Waals surface area contributed by atoms with Gasteiger partial charge in [0.15, 0.2) is 4.73 Å². The van der Waals surface area contributed by atoms with Crippen LogP contribution in [0.4, 0.5) is 0 Å². The highest BCUT2D eigenvalue weighted by molar-refractivity contribution is 9.10. The van der Waals surface area contributed by atoms with E-state index in [4.69, 9.17) is 5.11 Å². The molecular weight excluding hydrogens is 298 g/mol. The Kier molecular flexibility index (Phi) is 2.74. The quantitative estimate of drug-likeness (QED) is 0.894. The first-order chi connectivity index (χ1) is 8.66. The van der Waals surface area contributed by atoms with Crippen LogP contribution in [0.25, 0.3) is 11.3 Å². The Balaban J connectivity index is 2.03. The number of nitrogens with zero attached hydrogens (tertiary/aromatic N) is 2. The summed E-state index contributed by atoms with van der Waals surface area (Å²) in [5, 5.41) is 9.09. The molecule has 0 radical (unpaired) electrons. The second kappa shape index (κ2) is 4.28. The molecule has 1 aliphatic heterocycles. The maximum absolute atomic E-state index is 11.1. The van der Waals surface area contributed by atoms with Crippen LogP contribution in [-0.4, -0.2) is 25.6 Å². The van der Waals surface area contributed by atoms with Crippen molar-refractivity contribution in [1.82, 2.24) is 14.5 Å². The largest absolute Gasteiger partial charge is 0.481 e. The molecule has 0 amide bonds. The predicted octanol–water partition coefficient (Wildman–Crippen LogP) is 2.29. The molecule has 1 atom stereocenters. The van der Waals surface area contributed by atoms with Crippen LogP contribution in [0.5, 0.6) is 0 Å². The topological polar surface area (TPSA) is 70.9 Å². The van der Waals surface area contributed by atoms with Crippen molar-refractivity contribution < 1.29 is 9.90 Å². The van der Waals surface area contributed by atoms with Gasteiger partial charge in [0.05, 0.1) is 11.6 Å². The highest BCUT2D eigenvalue weighted by Gasteiger charge is 2.28. The van der Waals surface area contributed by atoms with Gasteiger partial charge in [0.1, 0.15) is 0 Å². The number of nitrogens with one attached hydrogen (secondary N) is 1. The van der Waals surface area contributed by atoms with Gasteiger partial charge in [0.25, 0.3) is 0 Å². The Hall–Kier alpha value is -1.56. The van der Waals surface area contributed by atoms with Gasteiger partial charge in [0, 0.05) is 30.2 Å². The van der Waals surface area contributed by atoms with Crippen molar-refractivity contribution in [3.05, 3.63) is 28.9 Å². The third-order valence-electron chi connectivity index (χ3n) is 3.38. The minimum atomic E-state index is -0.732. The van der Waals surface area contributed by atoms with Gasteiger partial charge in [-0.1, -0.05) is 0 Å². The van der Waals surface area contributed by atoms with Crippen LogP contribution >= 0.6 is 15.9 Å². The van der Waals surface area contributed by atoms with Crippen LogP contribution in [0.15, 0.2) is 23.2 Å². The lowest BCUT2D eigenvalue weighted by Crippen LogP contribution is -2.26. The van der Waals surface area contributed by atoms with Gasteiger partial charge >= 0.3 is 5.97 Å². The zero-order valence-electron chi connectivity index (χ0n) is 9.56. The first kappa shape index (κ1) is 11.5. The molecule has 0 fully saturated rings. The van der Waals surface area contributed by atoms with E-state index >= 15 is 0 Å². The molecule has 0 bridgehead atoms. The summed E-state index contributed by atoms with van der Waals surface area (Å²) in [5.41, 5.74) is 3.09. The maximum atomic E-state index is 11.1. The molecule has 1 unspecified atom stereocenters. The molecule has 3 heterocycles. The monoisotopic (exact) mass is 309 g/mol. The number of H-pyrrole nitrogens is 1. The Morgan fingerprint density at radius 1 is 1.61 bits per heavy atom. The van der Waals surface area contributed by atoms with Gasteiger partial charge in [-0.2, -0.15) is 0 Å². The second-order valence-electron chi connectivity index (χ2n) is 4.46. The Bertz CT molecular complexity index is 589. The molecule has 0 aromatic carbocycles. The van der Waals surface area contributed by atoms with Crippen molar-refractivity contribution in [2.45, 2.75) is 19.4 Å². The van der Waals surface area contributed by atoms with Gasteiger partial charge in [-0.3, -0.25) is 4.79 Å². The van der Waals surface area contributed by atoms with Crippen molar-refractivity contribution in [1.29, 1.82) is 0 Å². The molecule has 1 aliphatic rings. The summed E-state index contributed by atoms with van der Waals surface area (Å²) in [6.07, 6.45) is 5.18. The molecule has 3 rings (SSSR count).